The van der Waals surface area contributed by atoms with E-state index in [-0.39, 0.29) is 16.5 Å². The lowest BCUT2D eigenvalue weighted by atomic mass is 10.2. The monoisotopic (exact) mass is 552 g/mol. The van der Waals surface area contributed by atoms with E-state index in [9.17, 15) is 13.2 Å². The van der Waals surface area contributed by atoms with Gasteiger partial charge in [0.2, 0.25) is 11.9 Å². The van der Waals surface area contributed by atoms with Crippen LogP contribution in [0, 0.1) is 6.92 Å². The Morgan fingerprint density at radius 1 is 1.00 bits per heavy atom. The molecule has 1 amide bonds. The highest BCUT2D eigenvalue weighted by molar-refractivity contribution is 7.90. The topological polar surface area (TPSA) is 152 Å². The minimum atomic E-state index is -3.96. The quantitative estimate of drug-likeness (QED) is 0.262. The van der Waals surface area contributed by atoms with Gasteiger partial charge in [-0.25, -0.2) is 12.4 Å². The molecule has 4 N–H and O–H groups in total. The van der Waals surface area contributed by atoms with Gasteiger partial charge in [-0.2, -0.15) is 15.1 Å². The Bertz CT molecular complexity index is 2000. The van der Waals surface area contributed by atoms with Crippen molar-refractivity contribution < 1.29 is 13.2 Å². The van der Waals surface area contributed by atoms with E-state index in [0.717, 1.165) is 26.1 Å². The van der Waals surface area contributed by atoms with Gasteiger partial charge >= 0.3 is 0 Å². The summed E-state index contributed by atoms with van der Waals surface area (Å²) >= 11 is 0. The summed E-state index contributed by atoms with van der Waals surface area (Å²) in [5.41, 5.74) is 9.12. The molecule has 3 heterocycles. The SMILES string of the molecule is Cc1ccc(S(=O)(=O)n2ccc3c(N(C)c4ccc5cn[nH]c5c4)nc(Nc4ccc(C(N)=O)cc4)nc32)cc1. The second kappa shape index (κ2) is 9.50. The number of hydrogen-bond acceptors (Lipinski definition) is 8. The number of primary amides is 1. The third-order valence-corrected chi connectivity index (χ3v) is 8.31. The van der Waals surface area contributed by atoms with Crippen molar-refractivity contribution in [1.29, 1.82) is 0 Å². The van der Waals surface area contributed by atoms with Crippen molar-refractivity contribution in [2.75, 3.05) is 17.3 Å². The van der Waals surface area contributed by atoms with Crippen molar-refractivity contribution in [3.63, 3.8) is 0 Å². The highest BCUT2D eigenvalue weighted by Gasteiger charge is 2.24. The maximum Gasteiger partial charge on any atom is 0.269 e. The fraction of sp³-hybridized carbons (Fsp3) is 0.0714. The minimum Gasteiger partial charge on any atom is -0.366 e. The van der Waals surface area contributed by atoms with Crippen LogP contribution >= 0.6 is 0 Å². The van der Waals surface area contributed by atoms with Crippen LogP contribution in [0.1, 0.15) is 15.9 Å². The van der Waals surface area contributed by atoms with Gasteiger partial charge in [0.05, 0.1) is 22.0 Å². The molecule has 11 nitrogen and oxygen atoms in total. The molecule has 6 aromatic rings. The number of benzene rings is 3. The van der Waals surface area contributed by atoms with E-state index in [1.54, 1.807) is 60.8 Å². The molecule has 40 heavy (non-hydrogen) atoms. The third-order valence-electron chi connectivity index (χ3n) is 6.62. The van der Waals surface area contributed by atoms with Gasteiger partial charge in [-0.15, -0.1) is 0 Å². The zero-order valence-electron chi connectivity index (χ0n) is 21.5. The maximum atomic E-state index is 13.7. The largest absolute Gasteiger partial charge is 0.366 e. The van der Waals surface area contributed by atoms with Crippen molar-refractivity contribution in [2.24, 2.45) is 5.73 Å². The zero-order chi connectivity index (χ0) is 28.0. The number of nitrogens with two attached hydrogens (primary N) is 1. The number of anilines is 4. The van der Waals surface area contributed by atoms with Gasteiger partial charge in [0.25, 0.3) is 10.0 Å². The molecule has 0 saturated carbocycles. The van der Waals surface area contributed by atoms with Crippen molar-refractivity contribution in [3.05, 3.63) is 96.3 Å². The highest BCUT2D eigenvalue weighted by atomic mass is 32.2. The molecule has 0 fully saturated rings. The standard InChI is InChI=1S/C28H24N8O3S/c1-17-3-11-22(12-4-17)40(38,39)36-14-13-23-26(35(2)21-10-7-19-16-30-34-24(19)15-21)32-28(33-27(23)36)31-20-8-5-18(6-9-20)25(29)37/h3-16H,1-2H3,(H2,29,37)(H,30,34)(H,31,32,33). The summed E-state index contributed by atoms with van der Waals surface area (Å²) in [6.45, 7) is 1.89. The van der Waals surface area contributed by atoms with E-state index in [1.165, 1.54) is 6.20 Å². The van der Waals surface area contributed by atoms with Crippen molar-refractivity contribution in [2.45, 2.75) is 11.8 Å². The number of nitrogens with zero attached hydrogens (tertiary/aromatic N) is 5. The number of aryl methyl sites for hydroxylation is 1. The smallest absolute Gasteiger partial charge is 0.269 e. The molecule has 0 bridgehead atoms. The molecule has 3 aromatic carbocycles. The van der Waals surface area contributed by atoms with Gasteiger partial charge in [0, 0.05) is 35.6 Å². The number of aromatic amines is 1. The molecule has 0 aliphatic rings. The lowest BCUT2D eigenvalue weighted by Crippen LogP contribution is -2.16. The molecule has 0 spiro atoms. The van der Waals surface area contributed by atoms with Gasteiger partial charge in [0.1, 0.15) is 5.82 Å². The fourth-order valence-corrected chi connectivity index (χ4v) is 5.70. The molecule has 0 atom stereocenters. The number of H-pyrrole nitrogens is 1. The van der Waals surface area contributed by atoms with Crippen LogP contribution in [-0.4, -0.2) is 45.5 Å². The Balaban J connectivity index is 1.50. The molecular formula is C28H24N8O3S. The summed E-state index contributed by atoms with van der Waals surface area (Å²) in [5, 5.41) is 11.7. The van der Waals surface area contributed by atoms with Crippen LogP contribution in [0.3, 0.4) is 0 Å². The summed E-state index contributed by atoms with van der Waals surface area (Å²) in [7, 11) is -2.11. The molecule has 3 aromatic heterocycles. The van der Waals surface area contributed by atoms with E-state index in [2.05, 4.69) is 20.5 Å². The molecular weight excluding hydrogens is 528 g/mol. The Kier molecular flexibility index (Phi) is 5.96. The number of hydrogen-bond donors (Lipinski definition) is 3. The molecule has 0 unspecified atom stereocenters. The van der Waals surface area contributed by atoms with Crippen LogP contribution in [0.4, 0.5) is 23.1 Å². The van der Waals surface area contributed by atoms with Crippen LogP contribution in [0.2, 0.25) is 0 Å². The Hall–Kier alpha value is -5.23. The van der Waals surface area contributed by atoms with Crippen LogP contribution < -0.4 is 16.0 Å². The molecule has 200 valence electrons. The van der Waals surface area contributed by atoms with E-state index in [4.69, 9.17) is 10.7 Å². The predicted octanol–water partition coefficient (Wildman–Crippen LogP) is 4.46. The van der Waals surface area contributed by atoms with Gasteiger partial charge in [-0.05, 0) is 67.6 Å². The minimum absolute atomic E-state index is 0.144. The molecule has 0 radical (unpaired) electrons. The van der Waals surface area contributed by atoms with Gasteiger partial charge in [-0.1, -0.05) is 17.7 Å². The average molecular weight is 553 g/mol. The molecule has 0 aliphatic heterocycles. The second-order valence-electron chi connectivity index (χ2n) is 9.30. The molecule has 12 heteroatoms. The van der Waals surface area contributed by atoms with E-state index in [0.29, 0.717) is 22.5 Å². The van der Waals surface area contributed by atoms with E-state index in [1.807, 2.05) is 37.1 Å². The number of nitrogens with one attached hydrogen (secondary N) is 2. The first kappa shape index (κ1) is 25.1. The van der Waals surface area contributed by atoms with Crippen LogP contribution in [-0.2, 0) is 10.0 Å². The van der Waals surface area contributed by atoms with Crippen LogP contribution in [0.15, 0.2) is 90.1 Å². The van der Waals surface area contributed by atoms with Crippen molar-refractivity contribution in [1.82, 2.24) is 24.1 Å². The summed E-state index contributed by atoms with van der Waals surface area (Å²) in [6.07, 6.45) is 3.22. The lowest BCUT2D eigenvalue weighted by Gasteiger charge is -2.20. The van der Waals surface area contributed by atoms with Crippen molar-refractivity contribution >= 4 is 61.0 Å². The first-order valence-corrected chi connectivity index (χ1v) is 13.7. The van der Waals surface area contributed by atoms with Crippen LogP contribution in [0.25, 0.3) is 21.9 Å². The number of amides is 1. The second-order valence-corrected chi connectivity index (χ2v) is 11.1. The third kappa shape index (κ3) is 4.39. The van der Waals surface area contributed by atoms with Gasteiger partial charge in [-0.3, -0.25) is 9.89 Å². The zero-order valence-corrected chi connectivity index (χ0v) is 22.3. The molecule has 6 rings (SSSR count). The summed E-state index contributed by atoms with van der Waals surface area (Å²) in [5.74, 6) is 0.113. The lowest BCUT2D eigenvalue weighted by molar-refractivity contribution is 0.100. The van der Waals surface area contributed by atoms with Gasteiger partial charge in [0.15, 0.2) is 5.65 Å². The Labute approximate surface area is 229 Å². The number of rotatable bonds is 7. The first-order valence-electron chi connectivity index (χ1n) is 12.3. The number of carbonyl (C=O) groups is 1. The van der Waals surface area contributed by atoms with E-state index >= 15 is 0 Å². The summed E-state index contributed by atoms with van der Waals surface area (Å²) in [4.78, 5) is 22.8. The van der Waals surface area contributed by atoms with E-state index < -0.39 is 15.9 Å². The van der Waals surface area contributed by atoms with Gasteiger partial charge < -0.3 is 16.0 Å². The maximum absolute atomic E-state index is 13.7. The predicted molar refractivity (Wildman–Crippen MR) is 154 cm³/mol. The van der Waals surface area contributed by atoms with Crippen molar-refractivity contribution in [3.8, 4) is 0 Å². The first-order chi connectivity index (χ1) is 19.2. The highest BCUT2D eigenvalue weighted by Crippen LogP contribution is 2.33. The Morgan fingerprint density at radius 3 is 2.48 bits per heavy atom. The fourth-order valence-electron chi connectivity index (χ4n) is 4.41. The number of carbonyl (C=O) groups excluding carboxylic acids is 1. The number of fused-ring (bicyclic) bond motifs is 2. The average Bonchev–Trinajstić information content (AvgIpc) is 3.60. The van der Waals surface area contributed by atoms with Crippen LogP contribution in [0.5, 0.6) is 0 Å². The number of aromatic nitrogens is 5. The Morgan fingerprint density at radius 2 is 1.75 bits per heavy atom. The summed E-state index contributed by atoms with van der Waals surface area (Å²) < 4.78 is 28.5. The summed E-state index contributed by atoms with van der Waals surface area (Å²) in [6, 6.07) is 20.7. The molecule has 0 saturated heterocycles. The molecule has 0 aliphatic carbocycles. The normalized spacial score (nSPS) is 11.7.